The fourth-order valence-corrected chi connectivity index (χ4v) is 7.34. The highest BCUT2D eigenvalue weighted by atomic mass is 32.2. The van der Waals surface area contributed by atoms with Crippen molar-refractivity contribution >= 4 is 32.2 Å². The number of nitrogens with zero attached hydrogens (tertiary/aromatic N) is 2. The Kier molecular flexibility index (Phi) is 8.28. The molecule has 38 heavy (non-hydrogen) atoms. The maximum absolute atomic E-state index is 13.2. The standard InChI is InChI=1S/C26H34F3N3O4S2/c1-4-38(35,36)19-7-5-17(6-8-19)13-21(33)30-24-31-22-20(37-24)15-32(23(22)16(2)3)14-18-9-11-25(34,12-10-18)26(27,28)29/h5-8,16,18,23,34H,4,9-15H2,1-3H3,(H,30,31,33). The van der Waals surface area contributed by atoms with E-state index in [-0.39, 0.29) is 53.7 Å². The van der Waals surface area contributed by atoms with Gasteiger partial charge in [-0.05, 0) is 55.2 Å². The van der Waals surface area contributed by atoms with Crippen molar-refractivity contribution in [3.05, 3.63) is 40.4 Å². The number of aliphatic hydroxyl groups is 1. The summed E-state index contributed by atoms with van der Waals surface area (Å²) < 4.78 is 63.4. The average Bonchev–Trinajstić information content (AvgIpc) is 3.36. The van der Waals surface area contributed by atoms with E-state index in [9.17, 15) is 31.5 Å². The maximum Gasteiger partial charge on any atom is 0.417 e. The van der Waals surface area contributed by atoms with Crippen molar-refractivity contribution in [2.45, 2.75) is 82.1 Å². The maximum atomic E-state index is 13.2. The lowest BCUT2D eigenvalue weighted by Crippen LogP contribution is -2.48. The number of halogens is 3. The smallest absolute Gasteiger partial charge is 0.380 e. The van der Waals surface area contributed by atoms with E-state index in [1.165, 1.54) is 23.5 Å². The summed E-state index contributed by atoms with van der Waals surface area (Å²) in [6.07, 6.45) is -4.40. The number of hydrogen-bond donors (Lipinski definition) is 2. The number of anilines is 1. The van der Waals surface area contributed by atoms with Crippen molar-refractivity contribution in [1.82, 2.24) is 9.88 Å². The van der Waals surface area contributed by atoms with Gasteiger partial charge in [-0.15, -0.1) is 11.3 Å². The summed E-state index contributed by atoms with van der Waals surface area (Å²) in [6.45, 7) is 7.01. The first-order chi connectivity index (χ1) is 17.7. The molecule has 0 radical (unpaired) electrons. The van der Waals surface area contributed by atoms with Gasteiger partial charge in [-0.3, -0.25) is 9.69 Å². The molecule has 12 heteroatoms. The Hall–Kier alpha value is -2.02. The first-order valence-electron chi connectivity index (χ1n) is 12.9. The molecule has 0 spiro atoms. The molecule has 2 N–H and O–H groups in total. The number of nitrogens with one attached hydrogen (secondary N) is 1. The first kappa shape index (κ1) is 29.0. The number of carbonyl (C=O) groups excluding carboxylic acids is 1. The van der Waals surface area contributed by atoms with Gasteiger partial charge < -0.3 is 10.4 Å². The second-order valence-electron chi connectivity index (χ2n) is 10.7. The molecule has 210 valence electrons. The molecule has 2 heterocycles. The Morgan fingerprint density at radius 1 is 1.24 bits per heavy atom. The second-order valence-corrected chi connectivity index (χ2v) is 14.1. The van der Waals surface area contributed by atoms with Gasteiger partial charge in [0.05, 0.1) is 28.8 Å². The molecule has 1 amide bonds. The molecule has 0 saturated heterocycles. The summed E-state index contributed by atoms with van der Waals surface area (Å²) in [6, 6.07) is 6.30. The fraction of sp³-hybridized carbons (Fsp3) is 0.615. The molecule has 2 aliphatic rings. The normalized spacial score (nSPS) is 24.5. The lowest BCUT2D eigenvalue weighted by atomic mass is 9.78. The lowest BCUT2D eigenvalue weighted by Gasteiger charge is -2.39. The number of aromatic nitrogens is 1. The summed E-state index contributed by atoms with van der Waals surface area (Å²) >= 11 is 1.41. The third kappa shape index (κ3) is 6.08. The Bertz CT molecular complexity index is 1250. The lowest BCUT2D eigenvalue weighted by molar-refractivity contribution is -0.272. The Balaban J connectivity index is 1.36. The second kappa shape index (κ2) is 10.9. The molecule has 7 nitrogen and oxygen atoms in total. The van der Waals surface area contributed by atoms with E-state index < -0.39 is 21.6 Å². The summed E-state index contributed by atoms with van der Waals surface area (Å²) in [5.74, 6) is 0.0559. The van der Waals surface area contributed by atoms with E-state index in [0.29, 0.717) is 36.6 Å². The summed E-state index contributed by atoms with van der Waals surface area (Å²) in [4.78, 5) is 20.9. The number of fused-ring (bicyclic) bond motifs is 1. The molecule has 1 unspecified atom stereocenters. The molecular formula is C26H34F3N3O4S2. The van der Waals surface area contributed by atoms with Gasteiger partial charge >= 0.3 is 6.18 Å². The Morgan fingerprint density at radius 2 is 1.87 bits per heavy atom. The number of rotatable bonds is 8. The van der Waals surface area contributed by atoms with E-state index >= 15 is 0 Å². The minimum Gasteiger partial charge on any atom is -0.380 e. The molecule has 1 aliphatic heterocycles. The van der Waals surface area contributed by atoms with Crippen LogP contribution in [0.15, 0.2) is 29.2 Å². The first-order valence-corrected chi connectivity index (χ1v) is 15.3. The molecule has 1 aromatic heterocycles. The van der Waals surface area contributed by atoms with Crippen molar-refractivity contribution in [2.24, 2.45) is 11.8 Å². The van der Waals surface area contributed by atoms with Crippen LogP contribution in [0.1, 0.15) is 68.6 Å². The van der Waals surface area contributed by atoms with Crippen molar-refractivity contribution in [3.63, 3.8) is 0 Å². The van der Waals surface area contributed by atoms with Crippen LogP contribution in [-0.2, 0) is 27.6 Å². The Labute approximate surface area is 225 Å². The topological polar surface area (TPSA) is 99.6 Å². The van der Waals surface area contributed by atoms with Crippen LogP contribution >= 0.6 is 11.3 Å². The number of hydrogen-bond acceptors (Lipinski definition) is 7. The van der Waals surface area contributed by atoms with E-state index in [4.69, 9.17) is 4.98 Å². The third-order valence-electron chi connectivity index (χ3n) is 7.61. The highest BCUT2D eigenvalue weighted by Gasteiger charge is 2.54. The van der Waals surface area contributed by atoms with Gasteiger partial charge in [0.25, 0.3) is 0 Å². The van der Waals surface area contributed by atoms with Crippen LogP contribution in [0.3, 0.4) is 0 Å². The number of alkyl halides is 3. The molecule has 2 aromatic rings. The number of benzene rings is 1. The number of sulfone groups is 1. The zero-order chi connectivity index (χ0) is 27.9. The van der Waals surface area contributed by atoms with E-state index in [1.54, 1.807) is 19.1 Å². The van der Waals surface area contributed by atoms with Crippen LogP contribution in [0.4, 0.5) is 18.3 Å². The number of amides is 1. The highest BCUT2D eigenvalue weighted by Crippen LogP contribution is 2.46. The van der Waals surface area contributed by atoms with Gasteiger partial charge in [-0.25, -0.2) is 13.4 Å². The van der Waals surface area contributed by atoms with Crippen LogP contribution < -0.4 is 5.32 Å². The molecule has 1 fully saturated rings. The van der Waals surface area contributed by atoms with Crippen LogP contribution in [0.25, 0.3) is 0 Å². The molecule has 1 atom stereocenters. The van der Waals surface area contributed by atoms with Gasteiger partial charge in [0, 0.05) is 18.0 Å². The van der Waals surface area contributed by atoms with Gasteiger partial charge in [0.2, 0.25) is 5.91 Å². The van der Waals surface area contributed by atoms with Crippen LogP contribution in [-0.4, -0.2) is 53.4 Å². The van der Waals surface area contributed by atoms with E-state index in [2.05, 4.69) is 24.1 Å². The van der Waals surface area contributed by atoms with Crippen LogP contribution in [0.2, 0.25) is 0 Å². The highest BCUT2D eigenvalue weighted by molar-refractivity contribution is 7.91. The SMILES string of the molecule is CCS(=O)(=O)c1ccc(CC(=O)Nc2nc3c(s2)CN(CC2CCC(O)(C(F)(F)F)CC2)C3C(C)C)cc1. The predicted molar refractivity (Wildman–Crippen MR) is 140 cm³/mol. The largest absolute Gasteiger partial charge is 0.417 e. The van der Waals surface area contributed by atoms with Crippen LogP contribution in [0.5, 0.6) is 0 Å². The van der Waals surface area contributed by atoms with Gasteiger partial charge in [-0.2, -0.15) is 13.2 Å². The molecule has 1 aromatic carbocycles. The summed E-state index contributed by atoms with van der Waals surface area (Å²) in [7, 11) is -3.30. The monoisotopic (exact) mass is 573 g/mol. The minimum absolute atomic E-state index is 0.00314. The molecule has 1 saturated carbocycles. The quantitative estimate of drug-likeness (QED) is 0.455. The zero-order valence-corrected chi connectivity index (χ0v) is 23.3. The van der Waals surface area contributed by atoms with Crippen molar-refractivity contribution in [1.29, 1.82) is 0 Å². The summed E-state index contributed by atoms with van der Waals surface area (Å²) in [5, 5.41) is 13.3. The van der Waals surface area contributed by atoms with Crippen LogP contribution in [0, 0.1) is 11.8 Å². The molecule has 1 aliphatic carbocycles. The predicted octanol–water partition coefficient (Wildman–Crippen LogP) is 5.11. The van der Waals surface area contributed by atoms with Gasteiger partial charge in [0.1, 0.15) is 0 Å². The van der Waals surface area contributed by atoms with E-state index in [1.807, 2.05) is 0 Å². The average molecular weight is 574 g/mol. The van der Waals surface area contributed by atoms with Crippen molar-refractivity contribution in [2.75, 3.05) is 17.6 Å². The van der Waals surface area contributed by atoms with Gasteiger partial charge in [-0.1, -0.05) is 32.9 Å². The number of thiazole rings is 1. The summed E-state index contributed by atoms with van der Waals surface area (Å²) in [5.41, 5.74) is -0.983. The molecular weight excluding hydrogens is 539 g/mol. The molecule has 4 rings (SSSR count). The number of carbonyl (C=O) groups is 1. The Morgan fingerprint density at radius 3 is 2.42 bits per heavy atom. The van der Waals surface area contributed by atoms with Crippen molar-refractivity contribution < 1.29 is 31.5 Å². The third-order valence-corrected chi connectivity index (χ3v) is 10.3. The fourth-order valence-electron chi connectivity index (χ4n) is 5.42. The molecule has 0 bridgehead atoms. The van der Waals surface area contributed by atoms with E-state index in [0.717, 1.165) is 10.6 Å². The van der Waals surface area contributed by atoms with Gasteiger partial charge in [0.15, 0.2) is 20.6 Å². The zero-order valence-electron chi connectivity index (χ0n) is 21.7. The minimum atomic E-state index is -4.60. The van der Waals surface area contributed by atoms with Crippen molar-refractivity contribution in [3.8, 4) is 0 Å².